The van der Waals surface area contributed by atoms with Crippen LogP contribution in [0.5, 0.6) is 0 Å². The Labute approximate surface area is 177 Å². The molecule has 1 aliphatic heterocycles. The molecule has 0 bridgehead atoms. The summed E-state index contributed by atoms with van der Waals surface area (Å²) in [5.74, 6) is -1.04. The average Bonchev–Trinajstić information content (AvgIpc) is 3.49. The summed E-state index contributed by atoms with van der Waals surface area (Å²) >= 11 is 1.37. The zero-order valence-corrected chi connectivity index (χ0v) is 17.8. The van der Waals surface area contributed by atoms with Crippen LogP contribution >= 0.6 is 11.3 Å². The Balaban J connectivity index is 1.47. The standard InChI is InChI=1S/C19H20N4O5S2/c1-13(23-19(25)28-18(21-23)16-5-4-12-29-16)17(24)20-14-6-8-15(9-7-14)30(26,27)22-10-2-3-11-22/h4-9,12-13H,2-3,10-11H2,1H3,(H,20,24). The van der Waals surface area contributed by atoms with E-state index in [1.165, 1.54) is 46.8 Å². The fourth-order valence-electron chi connectivity index (χ4n) is 3.18. The van der Waals surface area contributed by atoms with Crippen LogP contribution in [-0.4, -0.2) is 41.5 Å². The quantitative estimate of drug-likeness (QED) is 0.620. The van der Waals surface area contributed by atoms with Gasteiger partial charge in [-0.3, -0.25) is 4.79 Å². The van der Waals surface area contributed by atoms with Crippen molar-refractivity contribution < 1.29 is 17.6 Å². The monoisotopic (exact) mass is 448 g/mol. The van der Waals surface area contributed by atoms with Crippen molar-refractivity contribution >= 4 is 33.0 Å². The predicted octanol–water partition coefficient (Wildman–Crippen LogP) is 2.55. The van der Waals surface area contributed by atoms with E-state index in [0.717, 1.165) is 17.5 Å². The number of thiophene rings is 1. The molecule has 1 fully saturated rings. The van der Waals surface area contributed by atoms with Gasteiger partial charge in [-0.05, 0) is 55.5 Å². The molecule has 1 amide bonds. The Morgan fingerprint density at radius 2 is 1.90 bits per heavy atom. The summed E-state index contributed by atoms with van der Waals surface area (Å²) in [5.41, 5.74) is 0.419. The minimum absolute atomic E-state index is 0.158. The fourth-order valence-corrected chi connectivity index (χ4v) is 5.34. The molecular weight excluding hydrogens is 428 g/mol. The Hall–Kier alpha value is -2.76. The molecule has 0 spiro atoms. The number of hydrogen-bond donors (Lipinski definition) is 1. The average molecular weight is 449 g/mol. The number of benzene rings is 1. The number of anilines is 1. The van der Waals surface area contributed by atoms with E-state index in [2.05, 4.69) is 10.4 Å². The third-order valence-corrected chi connectivity index (χ3v) is 7.64. The molecule has 1 unspecified atom stereocenters. The maximum absolute atomic E-state index is 12.6. The number of hydrogen-bond acceptors (Lipinski definition) is 7. The summed E-state index contributed by atoms with van der Waals surface area (Å²) in [7, 11) is -3.51. The zero-order chi connectivity index (χ0) is 21.3. The first kappa shape index (κ1) is 20.5. The van der Waals surface area contributed by atoms with Crippen molar-refractivity contribution in [2.75, 3.05) is 18.4 Å². The van der Waals surface area contributed by atoms with Gasteiger partial charge in [0.15, 0.2) is 0 Å². The topological polar surface area (TPSA) is 115 Å². The van der Waals surface area contributed by atoms with Gasteiger partial charge in [0, 0.05) is 18.8 Å². The molecule has 1 atom stereocenters. The zero-order valence-electron chi connectivity index (χ0n) is 16.1. The lowest BCUT2D eigenvalue weighted by atomic mass is 10.3. The van der Waals surface area contributed by atoms with Gasteiger partial charge in [-0.15, -0.1) is 16.4 Å². The van der Waals surface area contributed by atoms with Gasteiger partial charge in [0.25, 0.3) is 5.89 Å². The highest BCUT2D eigenvalue weighted by atomic mass is 32.2. The molecule has 1 aliphatic rings. The molecule has 1 aromatic carbocycles. The van der Waals surface area contributed by atoms with Gasteiger partial charge in [-0.25, -0.2) is 13.2 Å². The molecule has 0 radical (unpaired) electrons. The van der Waals surface area contributed by atoms with E-state index in [9.17, 15) is 18.0 Å². The maximum Gasteiger partial charge on any atom is 0.438 e. The van der Waals surface area contributed by atoms with Crippen LogP contribution in [0.15, 0.2) is 55.9 Å². The van der Waals surface area contributed by atoms with E-state index in [1.807, 2.05) is 11.4 Å². The van der Waals surface area contributed by atoms with E-state index >= 15 is 0 Å². The number of amides is 1. The molecule has 4 rings (SSSR count). The summed E-state index contributed by atoms with van der Waals surface area (Å²) in [6.07, 6.45) is 1.72. The van der Waals surface area contributed by atoms with E-state index in [0.29, 0.717) is 23.7 Å². The number of carbonyl (C=O) groups excluding carboxylic acids is 1. The summed E-state index contributed by atoms with van der Waals surface area (Å²) in [4.78, 5) is 25.5. The molecule has 3 aromatic rings. The lowest BCUT2D eigenvalue weighted by molar-refractivity contribution is -0.119. The van der Waals surface area contributed by atoms with E-state index in [1.54, 1.807) is 6.07 Å². The maximum atomic E-state index is 12.6. The van der Waals surface area contributed by atoms with Crippen molar-refractivity contribution in [2.45, 2.75) is 30.7 Å². The van der Waals surface area contributed by atoms with Crippen molar-refractivity contribution in [1.29, 1.82) is 0 Å². The van der Waals surface area contributed by atoms with Crippen molar-refractivity contribution in [3.63, 3.8) is 0 Å². The van der Waals surface area contributed by atoms with E-state index in [-0.39, 0.29) is 10.8 Å². The van der Waals surface area contributed by atoms with Gasteiger partial charge in [0.05, 0.1) is 9.77 Å². The van der Waals surface area contributed by atoms with Gasteiger partial charge in [0.2, 0.25) is 15.9 Å². The van der Waals surface area contributed by atoms with Crippen LogP contribution in [0.3, 0.4) is 0 Å². The largest absolute Gasteiger partial charge is 0.438 e. The molecule has 2 aromatic heterocycles. The van der Waals surface area contributed by atoms with Gasteiger partial charge < -0.3 is 9.73 Å². The smallest absolute Gasteiger partial charge is 0.387 e. The second-order valence-electron chi connectivity index (χ2n) is 6.90. The number of rotatable bonds is 6. The number of aromatic nitrogens is 2. The molecule has 30 heavy (non-hydrogen) atoms. The third kappa shape index (κ3) is 3.95. The molecule has 9 nitrogen and oxygen atoms in total. The highest BCUT2D eigenvalue weighted by Crippen LogP contribution is 2.24. The van der Waals surface area contributed by atoms with Crippen LogP contribution in [0.4, 0.5) is 5.69 Å². The molecule has 1 saturated heterocycles. The molecule has 1 N–H and O–H groups in total. The van der Waals surface area contributed by atoms with Crippen LogP contribution in [0.2, 0.25) is 0 Å². The van der Waals surface area contributed by atoms with E-state index < -0.39 is 27.7 Å². The molecule has 0 saturated carbocycles. The molecule has 3 heterocycles. The van der Waals surface area contributed by atoms with Gasteiger partial charge in [0.1, 0.15) is 6.04 Å². The van der Waals surface area contributed by atoms with Crippen LogP contribution in [-0.2, 0) is 14.8 Å². The SMILES string of the molecule is CC(C(=O)Nc1ccc(S(=O)(=O)N2CCCC2)cc1)n1nc(-c2cccs2)oc1=O. The first-order valence-electron chi connectivity index (χ1n) is 9.41. The second kappa shape index (κ2) is 8.17. The lowest BCUT2D eigenvalue weighted by Crippen LogP contribution is -2.30. The van der Waals surface area contributed by atoms with Crippen molar-refractivity contribution in [1.82, 2.24) is 14.1 Å². The van der Waals surface area contributed by atoms with Crippen molar-refractivity contribution in [3.8, 4) is 10.8 Å². The molecule has 11 heteroatoms. The summed E-state index contributed by atoms with van der Waals surface area (Å²) in [5, 5.41) is 8.61. The number of carbonyl (C=O) groups is 1. The Morgan fingerprint density at radius 1 is 1.20 bits per heavy atom. The van der Waals surface area contributed by atoms with Gasteiger partial charge in [-0.1, -0.05) is 6.07 Å². The number of nitrogens with zero attached hydrogens (tertiary/aromatic N) is 3. The minimum atomic E-state index is -3.51. The van der Waals surface area contributed by atoms with Crippen LogP contribution < -0.4 is 11.1 Å². The highest BCUT2D eigenvalue weighted by Gasteiger charge is 2.27. The predicted molar refractivity (Wildman–Crippen MR) is 112 cm³/mol. The fraction of sp³-hybridized carbons (Fsp3) is 0.316. The van der Waals surface area contributed by atoms with Crippen molar-refractivity contribution in [2.24, 2.45) is 0 Å². The highest BCUT2D eigenvalue weighted by molar-refractivity contribution is 7.89. The van der Waals surface area contributed by atoms with Gasteiger partial charge >= 0.3 is 5.76 Å². The minimum Gasteiger partial charge on any atom is -0.387 e. The Morgan fingerprint density at radius 3 is 2.53 bits per heavy atom. The Kier molecular flexibility index (Phi) is 5.58. The van der Waals surface area contributed by atoms with Crippen LogP contribution in [0, 0.1) is 0 Å². The molecular formula is C19H20N4O5S2. The first-order valence-corrected chi connectivity index (χ1v) is 11.7. The summed E-state index contributed by atoms with van der Waals surface area (Å²) < 4.78 is 32.7. The summed E-state index contributed by atoms with van der Waals surface area (Å²) in [6, 6.07) is 8.64. The van der Waals surface area contributed by atoms with Crippen LogP contribution in [0.25, 0.3) is 10.8 Å². The van der Waals surface area contributed by atoms with Gasteiger partial charge in [-0.2, -0.15) is 8.99 Å². The second-order valence-corrected chi connectivity index (χ2v) is 9.78. The molecule has 0 aliphatic carbocycles. The van der Waals surface area contributed by atoms with Crippen molar-refractivity contribution in [3.05, 3.63) is 52.3 Å². The number of sulfonamides is 1. The van der Waals surface area contributed by atoms with E-state index in [4.69, 9.17) is 4.42 Å². The first-order chi connectivity index (χ1) is 14.4. The third-order valence-electron chi connectivity index (χ3n) is 4.87. The van der Waals surface area contributed by atoms with Crippen LogP contribution in [0.1, 0.15) is 25.8 Å². The lowest BCUT2D eigenvalue weighted by Gasteiger charge is -2.16. The Bertz CT molecular complexity index is 1190. The normalized spacial score (nSPS) is 15.9. The summed E-state index contributed by atoms with van der Waals surface area (Å²) in [6.45, 7) is 2.58. The number of nitrogens with one attached hydrogen (secondary N) is 1. The molecule has 158 valence electrons.